The maximum atomic E-state index is 14.6. The van der Waals surface area contributed by atoms with Crippen molar-refractivity contribution in [3.05, 3.63) is 58.0 Å². The molecule has 0 saturated carbocycles. The Labute approximate surface area is 205 Å². The molecule has 9 nitrogen and oxygen atoms in total. The molecule has 17 heteroatoms. The average Bonchev–Trinajstić information content (AvgIpc) is 3.14. The van der Waals surface area contributed by atoms with Gasteiger partial charge in [-0.1, -0.05) is 0 Å². The van der Waals surface area contributed by atoms with Crippen LogP contribution in [0.3, 0.4) is 0 Å². The van der Waals surface area contributed by atoms with Crippen LogP contribution in [0.2, 0.25) is 0 Å². The summed E-state index contributed by atoms with van der Waals surface area (Å²) in [5, 5.41) is 19.8. The first kappa shape index (κ1) is 27.2. The zero-order valence-corrected chi connectivity index (χ0v) is 18.6. The van der Waals surface area contributed by atoms with E-state index in [1.54, 1.807) is 0 Å². The molecule has 1 aliphatic rings. The molecule has 204 valence electrons. The molecular weight excluding hydrogens is 538 g/mol. The number of aliphatic hydroxyl groups excluding tert-OH is 2. The van der Waals surface area contributed by atoms with Gasteiger partial charge in [-0.3, -0.25) is 14.2 Å². The number of anilines is 1. The lowest BCUT2D eigenvalue weighted by atomic mass is 10.1. The number of aliphatic hydroxyl groups is 2. The number of rotatable bonds is 4. The van der Waals surface area contributed by atoms with E-state index in [2.05, 4.69) is 9.97 Å². The van der Waals surface area contributed by atoms with Crippen LogP contribution in [-0.2, 0) is 0 Å². The lowest BCUT2D eigenvalue weighted by Crippen LogP contribution is -2.55. The lowest BCUT2D eigenvalue weighted by Gasteiger charge is -2.24. The second-order valence-corrected chi connectivity index (χ2v) is 8.27. The van der Waals surface area contributed by atoms with Crippen molar-refractivity contribution in [2.24, 2.45) is 0 Å². The predicted molar refractivity (Wildman–Crippen MR) is 113 cm³/mol. The number of carbonyl (C=O) groups excluding carboxylic acids is 1. The maximum absolute atomic E-state index is 14.6. The fourth-order valence-electron chi connectivity index (χ4n) is 3.79. The molecule has 1 saturated heterocycles. The Balaban J connectivity index is 1.91. The molecule has 1 aliphatic heterocycles. The van der Waals surface area contributed by atoms with Gasteiger partial charge in [0.25, 0.3) is 5.91 Å². The third-order valence-electron chi connectivity index (χ3n) is 5.61. The highest BCUT2D eigenvalue weighted by Gasteiger charge is 2.57. The van der Waals surface area contributed by atoms with Crippen molar-refractivity contribution < 1.29 is 50.1 Å². The first-order valence-corrected chi connectivity index (χ1v) is 10.5. The van der Waals surface area contributed by atoms with Gasteiger partial charge in [-0.25, -0.2) is 18.7 Å². The van der Waals surface area contributed by atoms with Gasteiger partial charge in [0.15, 0.2) is 17.3 Å². The second-order valence-electron chi connectivity index (χ2n) is 8.27. The quantitative estimate of drug-likeness (QED) is 0.422. The van der Waals surface area contributed by atoms with E-state index in [0.717, 1.165) is 11.4 Å². The Kier molecular flexibility index (Phi) is 6.77. The van der Waals surface area contributed by atoms with Gasteiger partial charge in [-0.2, -0.15) is 26.3 Å². The van der Waals surface area contributed by atoms with E-state index in [1.165, 1.54) is 11.0 Å². The van der Waals surface area contributed by atoms with E-state index in [-0.39, 0.29) is 18.9 Å². The van der Waals surface area contributed by atoms with Crippen LogP contribution < -0.4 is 15.6 Å². The Morgan fingerprint density at radius 3 is 2.21 bits per heavy atom. The van der Waals surface area contributed by atoms with Gasteiger partial charge in [0, 0.05) is 25.4 Å². The summed E-state index contributed by atoms with van der Waals surface area (Å²) in [5.41, 5.74) is -3.05. The minimum Gasteiger partial charge on any atom is -0.389 e. The zero-order valence-electron chi connectivity index (χ0n) is 18.6. The monoisotopic (exact) mass is 553 g/mol. The van der Waals surface area contributed by atoms with Gasteiger partial charge in [0.2, 0.25) is 11.5 Å². The number of fused-ring (bicyclic) bond motifs is 1. The Hall–Kier alpha value is -3.86. The SMILES string of the molecule is O=C(NC(C(F)(F)F)C(F)(F)F)c1cn(-c2ncc(F)cc2F)c2nc(N3C[C@H](O)[C@@H](O)C3)ccc2c1=O. The Morgan fingerprint density at radius 2 is 1.66 bits per heavy atom. The highest BCUT2D eigenvalue weighted by atomic mass is 19.4. The van der Waals surface area contributed by atoms with Gasteiger partial charge in [-0.15, -0.1) is 0 Å². The molecule has 4 heterocycles. The number of nitrogens with one attached hydrogen (secondary N) is 1. The standard InChI is InChI=1S/C21H15F8N5O4/c22-8-3-11(23)17(30-4-8)34-5-10(18(38)32-19(20(24,25)26)21(27,28)29)15(37)9-1-2-14(31-16(9)34)33-6-12(35)13(36)7-33/h1-5,12-13,19,35-36H,6-7H2,(H,32,38)/t12-,13-/m0/s1. The Morgan fingerprint density at radius 1 is 1.05 bits per heavy atom. The first-order valence-electron chi connectivity index (χ1n) is 10.5. The van der Waals surface area contributed by atoms with Crippen LogP contribution in [-0.4, -0.2) is 74.3 Å². The van der Waals surface area contributed by atoms with Gasteiger partial charge in [0.1, 0.15) is 17.2 Å². The van der Waals surface area contributed by atoms with E-state index in [9.17, 15) is 54.9 Å². The van der Waals surface area contributed by atoms with Crippen LogP contribution in [0.5, 0.6) is 0 Å². The van der Waals surface area contributed by atoms with E-state index in [4.69, 9.17) is 0 Å². The molecule has 0 bridgehead atoms. The summed E-state index contributed by atoms with van der Waals surface area (Å²) in [6.45, 7) is -0.215. The third kappa shape index (κ3) is 5.10. The largest absolute Gasteiger partial charge is 0.417 e. The van der Waals surface area contributed by atoms with Crippen LogP contribution in [0.4, 0.5) is 40.9 Å². The Bertz CT molecular complexity index is 1430. The van der Waals surface area contributed by atoms with Gasteiger partial charge >= 0.3 is 12.4 Å². The molecular formula is C21H15F8N5O4. The number of amides is 1. The fourth-order valence-corrected chi connectivity index (χ4v) is 3.79. The van der Waals surface area contributed by atoms with Crippen LogP contribution in [0.25, 0.3) is 16.9 Å². The molecule has 0 aromatic carbocycles. The molecule has 4 rings (SSSR count). The smallest absolute Gasteiger partial charge is 0.389 e. The van der Waals surface area contributed by atoms with E-state index >= 15 is 0 Å². The zero-order chi connectivity index (χ0) is 28.2. The number of pyridine rings is 3. The van der Waals surface area contributed by atoms with Crippen LogP contribution in [0.15, 0.2) is 35.4 Å². The van der Waals surface area contributed by atoms with E-state index in [1.807, 2.05) is 0 Å². The third-order valence-corrected chi connectivity index (χ3v) is 5.61. The number of alkyl halides is 6. The number of nitrogens with zero attached hydrogens (tertiary/aromatic N) is 4. The van der Waals surface area contributed by atoms with Crippen LogP contribution >= 0.6 is 0 Å². The molecule has 3 aromatic rings. The van der Waals surface area contributed by atoms with Crippen molar-refractivity contribution in [1.29, 1.82) is 0 Å². The molecule has 0 aliphatic carbocycles. The van der Waals surface area contributed by atoms with Crippen molar-refractivity contribution in [1.82, 2.24) is 19.9 Å². The minimum atomic E-state index is -5.96. The molecule has 2 atom stereocenters. The predicted octanol–water partition coefficient (Wildman–Crippen LogP) is 1.82. The van der Waals surface area contributed by atoms with Crippen molar-refractivity contribution in [2.45, 2.75) is 30.6 Å². The number of carbonyl (C=O) groups is 1. The fraction of sp³-hybridized carbons (Fsp3) is 0.333. The maximum Gasteiger partial charge on any atom is 0.417 e. The number of aromatic nitrogens is 3. The summed E-state index contributed by atoms with van der Waals surface area (Å²) in [5.74, 6) is -5.36. The summed E-state index contributed by atoms with van der Waals surface area (Å²) in [6, 6.07) is -1.79. The average molecular weight is 553 g/mol. The molecule has 3 aromatic heterocycles. The molecule has 1 fully saturated rings. The number of hydrogen-bond donors (Lipinski definition) is 3. The first-order chi connectivity index (χ1) is 17.6. The van der Waals surface area contributed by atoms with E-state index < -0.39 is 76.0 Å². The summed E-state index contributed by atoms with van der Waals surface area (Å²) in [4.78, 5) is 34.5. The summed E-state index contributed by atoms with van der Waals surface area (Å²) in [6.07, 6.45) is -13.3. The molecule has 3 N–H and O–H groups in total. The van der Waals surface area contributed by atoms with Crippen molar-refractivity contribution >= 4 is 22.8 Å². The van der Waals surface area contributed by atoms with Crippen LogP contribution in [0, 0.1) is 11.6 Å². The van der Waals surface area contributed by atoms with Crippen molar-refractivity contribution in [2.75, 3.05) is 18.0 Å². The molecule has 1 amide bonds. The van der Waals surface area contributed by atoms with E-state index in [0.29, 0.717) is 23.0 Å². The van der Waals surface area contributed by atoms with Gasteiger partial charge < -0.3 is 20.4 Å². The summed E-state index contributed by atoms with van der Waals surface area (Å²) >= 11 is 0. The number of halogens is 8. The lowest BCUT2D eigenvalue weighted by molar-refractivity contribution is -0.255. The molecule has 0 unspecified atom stereocenters. The van der Waals surface area contributed by atoms with Crippen LogP contribution in [0.1, 0.15) is 10.4 Å². The van der Waals surface area contributed by atoms with Gasteiger partial charge in [-0.05, 0) is 12.1 Å². The second kappa shape index (κ2) is 9.46. The molecule has 38 heavy (non-hydrogen) atoms. The number of hydrogen-bond acceptors (Lipinski definition) is 7. The highest BCUT2D eigenvalue weighted by Crippen LogP contribution is 2.33. The van der Waals surface area contributed by atoms with Gasteiger partial charge in [0.05, 0.1) is 23.8 Å². The molecule has 0 spiro atoms. The molecule has 0 radical (unpaired) electrons. The minimum absolute atomic E-state index is 0.0233. The normalized spacial score (nSPS) is 18.4. The highest BCUT2D eigenvalue weighted by molar-refractivity contribution is 5.97. The number of β-amino-alcohol motifs (C(OH)–C–C–N with tert-alkyl or cyclic N) is 2. The summed E-state index contributed by atoms with van der Waals surface area (Å²) in [7, 11) is 0. The van der Waals surface area contributed by atoms with Crippen molar-refractivity contribution in [3.63, 3.8) is 0 Å². The summed E-state index contributed by atoms with van der Waals surface area (Å²) < 4.78 is 106. The van der Waals surface area contributed by atoms with Crippen molar-refractivity contribution in [3.8, 4) is 5.82 Å². The topological polar surface area (TPSA) is 121 Å².